The third-order valence-corrected chi connectivity index (χ3v) is 2.00. The molecule has 0 spiro atoms. The Hall–Kier alpha value is -0.590. The molecule has 0 amide bonds. The molecular formula is C11H21NO2. The van der Waals surface area contributed by atoms with Crippen LogP contribution >= 0.6 is 0 Å². The number of hydrogen-bond acceptors (Lipinski definition) is 3. The third kappa shape index (κ3) is 8.03. The molecule has 14 heavy (non-hydrogen) atoms. The van der Waals surface area contributed by atoms with Crippen LogP contribution in [0.15, 0.2) is 0 Å². The summed E-state index contributed by atoms with van der Waals surface area (Å²) in [6.07, 6.45) is 3.71. The molecule has 3 nitrogen and oxygen atoms in total. The lowest BCUT2D eigenvalue weighted by Gasteiger charge is -2.12. The summed E-state index contributed by atoms with van der Waals surface area (Å²) in [5.41, 5.74) is 0. The van der Waals surface area contributed by atoms with Gasteiger partial charge in [-0.15, -0.1) is 0 Å². The molecule has 0 N–H and O–H groups in total. The number of unbranched alkanes of at least 4 members (excludes halogenated alkanes) is 1. The van der Waals surface area contributed by atoms with Crippen molar-refractivity contribution in [3.05, 3.63) is 0 Å². The smallest absolute Gasteiger partial charge is 0.0704 e. The molecule has 1 atom stereocenters. The second kappa shape index (κ2) is 10.5. The molecule has 0 radical (unpaired) electrons. The maximum Gasteiger partial charge on any atom is 0.0704 e. The van der Waals surface area contributed by atoms with E-state index in [0.717, 1.165) is 25.9 Å². The molecule has 3 heteroatoms. The zero-order valence-electron chi connectivity index (χ0n) is 9.29. The van der Waals surface area contributed by atoms with Crippen molar-refractivity contribution in [1.82, 2.24) is 0 Å². The van der Waals surface area contributed by atoms with Crippen LogP contribution < -0.4 is 0 Å². The van der Waals surface area contributed by atoms with Crippen LogP contribution in [0.25, 0.3) is 0 Å². The fourth-order valence-corrected chi connectivity index (χ4v) is 1.05. The molecule has 0 aromatic heterocycles. The van der Waals surface area contributed by atoms with E-state index in [1.165, 1.54) is 0 Å². The van der Waals surface area contributed by atoms with Gasteiger partial charge in [0.1, 0.15) is 0 Å². The van der Waals surface area contributed by atoms with E-state index in [1.807, 2.05) is 6.92 Å². The minimum absolute atomic E-state index is 0.0785. The molecular weight excluding hydrogens is 178 g/mol. The first-order chi connectivity index (χ1) is 6.85. The highest BCUT2D eigenvalue weighted by molar-refractivity contribution is 4.75. The summed E-state index contributed by atoms with van der Waals surface area (Å²) in [4.78, 5) is 0. The van der Waals surface area contributed by atoms with Crippen molar-refractivity contribution in [3.8, 4) is 6.07 Å². The van der Waals surface area contributed by atoms with Gasteiger partial charge in [0, 0.05) is 6.61 Å². The lowest BCUT2D eigenvalue weighted by atomic mass is 10.2. The van der Waals surface area contributed by atoms with Gasteiger partial charge in [0.05, 0.1) is 31.8 Å². The minimum atomic E-state index is 0.0785. The van der Waals surface area contributed by atoms with Gasteiger partial charge in [-0.05, 0) is 12.8 Å². The first-order valence-electron chi connectivity index (χ1n) is 5.41. The molecule has 0 saturated heterocycles. The Kier molecular flexibility index (Phi) is 10.0. The topological polar surface area (TPSA) is 42.2 Å². The third-order valence-electron chi connectivity index (χ3n) is 2.00. The Morgan fingerprint density at radius 3 is 2.57 bits per heavy atom. The normalized spacial score (nSPS) is 12.4. The van der Waals surface area contributed by atoms with Gasteiger partial charge in [-0.25, -0.2) is 0 Å². The van der Waals surface area contributed by atoms with E-state index in [-0.39, 0.29) is 6.10 Å². The Morgan fingerprint density at radius 1 is 1.21 bits per heavy atom. The lowest BCUT2D eigenvalue weighted by molar-refractivity contribution is 0.00483. The van der Waals surface area contributed by atoms with E-state index >= 15 is 0 Å². The fourth-order valence-electron chi connectivity index (χ4n) is 1.05. The second-order valence-electron chi connectivity index (χ2n) is 3.23. The summed E-state index contributed by atoms with van der Waals surface area (Å²) in [6, 6.07) is 2.11. The maximum atomic E-state index is 8.48. The van der Waals surface area contributed by atoms with E-state index in [2.05, 4.69) is 13.0 Å². The first-order valence-corrected chi connectivity index (χ1v) is 5.41. The van der Waals surface area contributed by atoms with Crippen LogP contribution in [0.3, 0.4) is 0 Å². The lowest BCUT2D eigenvalue weighted by Crippen LogP contribution is -2.15. The summed E-state index contributed by atoms with van der Waals surface area (Å²) in [7, 11) is 0. The summed E-state index contributed by atoms with van der Waals surface area (Å²) >= 11 is 0. The summed E-state index contributed by atoms with van der Waals surface area (Å²) in [6.45, 7) is 6.22. The summed E-state index contributed by atoms with van der Waals surface area (Å²) in [5, 5.41) is 8.48. The molecule has 0 rings (SSSR count). The maximum absolute atomic E-state index is 8.48. The number of nitrogens with zero attached hydrogens (tertiary/aromatic N) is 1. The molecule has 82 valence electrons. The SMILES string of the molecule is CCCCOCCOC(CC)CC#N. The largest absolute Gasteiger partial charge is 0.379 e. The highest BCUT2D eigenvalue weighted by Crippen LogP contribution is 2.02. The van der Waals surface area contributed by atoms with Crippen molar-refractivity contribution in [2.45, 2.75) is 45.6 Å². The zero-order chi connectivity index (χ0) is 10.6. The van der Waals surface area contributed by atoms with E-state index < -0.39 is 0 Å². The van der Waals surface area contributed by atoms with Crippen molar-refractivity contribution < 1.29 is 9.47 Å². The predicted octanol–water partition coefficient (Wildman–Crippen LogP) is 2.51. The van der Waals surface area contributed by atoms with Crippen LogP contribution in [0.2, 0.25) is 0 Å². The van der Waals surface area contributed by atoms with Gasteiger partial charge in [-0.2, -0.15) is 5.26 Å². The number of hydrogen-bond donors (Lipinski definition) is 0. The molecule has 0 fully saturated rings. The Bertz CT molecular complexity index is 154. The first kappa shape index (κ1) is 13.4. The molecule has 0 bridgehead atoms. The monoisotopic (exact) mass is 199 g/mol. The second-order valence-corrected chi connectivity index (χ2v) is 3.23. The fraction of sp³-hybridized carbons (Fsp3) is 0.909. The molecule has 0 saturated carbocycles. The Balaban J connectivity index is 3.21. The summed E-state index contributed by atoms with van der Waals surface area (Å²) < 4.78 is 10.8. The quantitative estimate of drug-likeness (QED) is 0.536. The van der Waals surface area contributed by atoms with E-state index in [4.69, 9.17) is 14.7 Å². The molecule has 0 aliphatic heterocycles. The molecule has 0 aromatic carbocycles. The van der Waals surface area contributed by atoms with Crippen LogP contribution in [0.1, 0.15) is 39.5 Å². The van der Waals surface area contributed by atoms with Gasteiger partial charge in [-0.3, -0.25) is 0 Å². The zero-order valence-corrected chi connectivity index (χ0v) is 9.29. The van der Waals surface area contributed by atoms with Gasteiger partial charge >= 0.3 is 0 Å². The standard InChI is InChI=1S/C11H21NO2/c1-3-5-8-13-9-10-14-11(4-2)6-7-12/h11H,3-6,8-10H2,1-2H3. The van der Waals surface area contributed by atoms with Crippen LogP contribution in [0.5, 0.6) is 0 Å². The highest BCUT2D eigenvalue weighted by Gasteiger charge is 2.04. The molecule has 0 heterocycles. The van der Waals surface area contributed by atoms with Crippen molar-refractivity contribution in [3.63, 3.8) is 0 Å². The molecule has 0 aromatic rings. The average molecular weight is 199 g/mol. The molecule has 0 aliphatic rings. The average Bonchev–Trinajstić information content (AvgIpc) is 2.21. The van der Waals surface area contributed by atoms with Crippen molar-refractivity contribution >= 4 is 0 Å². The van der Waals surface area contributed by atoms with E-state index in [0.29, 0.717) is 19.6 Å². The van der Waals surface area contributed by atoms with Crippen LogP contribution in [-0.2, 0) is 9.47 Å². The van der Waals surface area contributed by atoms with Crippen LogP contribution in [0, 0.1) is 11.3 Å². The Labute approximate surface area is 87.0 Å². The molecule has 0 aliphatic carbocycles. The highest BCUT2D eigenvalue weighted by atomic mass is 16.5. The van der Waals surface area contributed by atoms with Crippen molar-refractivity contribution in [2.75, 3.05) is 19.8 Å². The van der Waals surface area contributed by atoms with Crippen molar-refractivity contribution in [2.24, 2.45) is 0 Å². The minimum Gasteiger partial charge on any atom is -0.379 e. The van der Waals surface area contributed by atoms with Gasteiger partial charge in [-0.1, -0.05) is 20.3 Å². The van der Waals surface area contributed by atoms with Gasteiger partial charge < -0.3 is 9.47 Å². The predicted molar refractivity (Wildman–Crippen MR) is 56.0 cm³/mol. The molecule has 1 unspecified atom stereocenters. The number of ether oxygens (including phenoxy) is 2. The van der Waals surface area contributed by atoms with Crippen LogP contribution in [0.4, 0.5) is 0 Å². The van der Waals surface area contributed by atoms with E-state index in [9.17, 15) is 0 Å². The van der Waals surface area contributed by atoms with Gasteiger partial charge in [0.25, 0.3) is 0 Å². The Morgan fingerprint density at radius 2 is 2.00 bits per heavy atom. The number of nitriles is 1. The van der Waals surface area contributed by atoms with Crippen molar-refractivity contribution in [1.29, 1.82) is 5.26 Å². The summed E-state index contributed by atoms with van der Waals surface area (Å²) in [5.74, 6) is 0. The van der Waals surface area contributed by atoms with Gasteiger partial charge in [0.2, 0.25) is 0 Å². The van der Waals surface area contributed by atoms with Crippen LogP contribution in [-0.4, -0.2) is 25.9 Å². The number of rotatable bonds is 9. The van der Waals surface area contributed by atoms with Gasteiger partial charge in [0.15, 0.2) is 0 Å². The van der Waals surface area contributed by atoms with E-state index in [1.54, 1.807) is 0 Å².